The van der Waals surface area contributed by atoms with Crippen molar-refractivity contribution in [1.29, 1.82) is 0 Å². The molecule has 0 bridgehead atoms. The molecule has 0 heterocycles. The number of ether oxygens (including phenoxy) is 1. The fraction of sp³-hybridized carbons (Fsp3) is 0.269. The average molecular weight is 467 g/mol. The van der Waals surface area contributed by atoms with Crippen molar-refractivity contribution in [2.45, 2.75) is 39.5 Å². The summed E-state index contributed by atoms with van der Waals surface area (Å²) in [5, 5.41) is 2.78. The zero-order valence-corrected chi connectivity index (χ0v) is 20.5. The summed E-state index contributed by atoms with van der Waals surface area (Å²) in [4.78, 5) is 12.7. The first-order valence-electron chi connectivity index (χ1n) is 10.8. The molecule has 0 aliphatic rings. The van der Waals surface area contributed by atoms with Gasteiger partial charge in [-0.3, -0.25) is 9.52 Å². The molecule has 0 saturated carbocycles. The van der Waals surface area contributed by atoms with E-state index >= 15 is 0 Å². The molecule has 0 aliphatic carbocycles. The van der Waals surface area contributed by atoms with Crippen LogP contribution in [0.3, 0.4) is 0 Å². The van der Waals surface area contributed by atoms with E-state index < -0.39 is 10.0 Å². The van der Waals surface area contributed by atoms with Gasteiger partial charge in [0.25, 0.3) is 15.9 Å². The molecule has 3 aromatic rings. The topological polar surface area (TPSA) is 84.5 Å². The molecule has 33 heavy (non-hydrogen) atoms. The van der Waals surface area contributed by atoms with Crippen LogP contribution in [0, 0.1) is 34.6 Å². The van der Waals surface area contributed by atoms with Gasteiger partial charge >= 0.3 is 0 Å². The second-order valence-corrected chi connectivity index (χ2v) is 9.96. The van der Waals surface area contributed by atoms with Gasteiger partial charge in [-0.25, -0.2) is 8.42 Å². The zero-order valence-electron chi connectivity index (χ0n) is 19.7. The number of nitrogens with one attached hydrogen (secondary N) is 2. The molecule has 0 unspecified atom stereocenters. The molecule has 1 amide bonds. The third kappa shape index (κ3) is 6.35. The highest BCUT2D eigenvalue weighted by atomic mass is 32.2. The SMILES string of the molecule is Cc1cc(C)cc(NS(=O)(=O)c2cc(C(=O)NCCOc3ccc(C)c(C)c3)ccc2C)c1. The van der Waals surface area contributed by atoms with E-state index in [0.717, 1.165) is 22.4 Å². The minimum Gasteiger partial charge on any atom is -0.492 e. The van der Waals surface area contributed by atoms with Crippen molar-refractivity contribution in [1.82, 2.24) is 5.32 Å². The van der Waals surface area contributed by atoms with Crippen molar-refractivity contribution in [3.05, 3.63) is 88.0 Å². The Kier molecular flexibility index (Phi) is 7.43. The summed E-state index contributed by atoms with van der Waals surface area (Å²) in [5.74, 6) is 0.384. The molecule has 0 radical (unpaired) electrons. The predicted molar refractivity (Wildman–Crippen MR) is 132 cm³/mol. The Balaban J connectivity index is 1.66. The van der Waals surface area contributed by atoms with Gasteiger partial charge in [0.1, 0.15) is 12.4 Å². The number of amides is 1. The maximum atomic E-state index is 13.0. The number of rotatable bonds is 8. The fourth-order valence-electron chi connectivity index (χ4n) is 3.51. The van der Waals surface area contributed by atoms with Crippen LogP contribution in [0.5, 0.6) is 5.75 Å². The lowest BCUT2D eigenvalue weighted by Crippen LogP contribution is -2.28. The van der Waals surface area contributed by atoms with Crippen molar-refractivity contribution in [2.24, 2.45) is 0 Å². The molecular formula is C26H30N2O4S. The highest BCUT2D eigenvalue weighted by Gasteiger charge is 2.19. The van der Waals surface area contributed by atoms with E-state index in [1.54, 1.807) is 31.2 Å². The van der Waals surface area contributed by atoms with Crippen LogP contribution in [0.4, 0.5) is 5.69 Å². The molecule has 0 fully saturated rings. The highest BCUT2D eigenvalue weighted by molar-refractivity contribution is 7.92. The van der Waals surface area contributed by atoms with Crippen molar-refractivity contribution in [2.75, 3.05) is 17.9 Å². The molecule has 2 N–H and O–H groups in total. The molecule has 174 valence electrons. The largest absolute Gasteiger partial charge is 0.492 e. The van der Waals surface area contributed by atoms with Crippen molar-refractivity contribution >= 4 is 21.6 Å². The van der Waals surface area contributed by atoms with E-state index in [1.165, 1.54) is 11.6 Å². The van der Waals surface area contributed by atoms with E-state index in [0.29, 0.717) is 24.4 Å². The summed E-state index contributed by atoms with van der Waals surface area (Å²) in [7, 11) is -3.86. The Morgan fingerprint density at radius 2 is 1.48 bits per heavy atom. The molecule has 3 rings (SSSR count). The minimum absolute atomic E-state index is 0.0701. The van der Waals surface area contributed by atoms with Gasteiger partial charge in [-0.1, -0.05) is 18.2 Å². The summed E-state index contributed by atoms with van der Waals surface area (Å²) < 4.78 is 34.4. The highest BCUT2D eigenvalue weighted by Crippen LogP contribution is 2.22. The molecule has 0 spiro atoms. The van der Waals surface area contributed by atoms with E-state index in [9.17, 15) is 13.2 Å². The van der Waals surface area contributed by atoms with Crippen LogP contribution >= 0.6 is 0 Å². The maximum absolute atomic E-state index is 13.0. The number of carbonyl (C=O) groups excluding carboxylic acids is 1. The molecule has 0 saturated heterocycles. The van der Waals surface area contributed by atoms with E-state index in [1.807, 2.05) is 52.0 Å². The van der Waals surface area contributed by atoms with Crippen LogP contribution in [-0.4, -0.2) is 27.5 Å². The van der Waals surface area contributed by atoms with Gasteiger partial charge in [-0.2, -0.15) is 0 Å². The Labute approximate surface area is 196 Å². The van der Waals surface area contributed by atoms with Crippen molar-refractivity contribution < 1.29 is 17.9 Å². The van der Waals surface area contributed by atoms with Crippen LogP contribution in [0.2, 0.25) is 0 Å². The summed E-state index contributed by atoms with van der Waals surface area (Å²) >= 11 is 0. The van der Waals surface area contributed by atoms with Gasteiger partial charge in [0.05, 0.1) is 11.4 Å². The summed E-state index contributed by atoms with van der Waals surface area (Å²) in [6.07, 6.45) is 0. The standard InChI is InChI=1S/C26H30N2O4S/c1-17-12-18(2)14-23(13-17)28-33(30,31)25-16-22(8-6-20(25)4)26(29)27-10-11-32-24-9-7-19(3)21(5)15-24/h6-9,12-16,28H,10-11H2,1-5H3,(H,27,29). The van der Waals surface area contributed by atoms with Gasteiger partial charge in [0.2, 0.25) is 0 Å². The molecule has 0 aromatic heterocycles. The van der Waals surface area contributed by atoms with Crippen LogP contribution in [0.1, 0.15) is 38.2 Å². The Morgan fingerprint density at radius 3 is 2.15 bits per heavy atom. The molecule has 6 nitrogen and oxygen atoms in total. The average Bonchev–Trinajstić information content (AvgIpc) is 2.72. The number of carbonyl (C=O) groups is 1. The third-order valence-electron chi connectivity index (χ3n) is 5.35. The van der Waals surface area contributed by atoms with Crippen LogP contribution in [-0.2, 0) is 10.0 Å². The summed E-state index contributed by atoms with van der Waals surface area (Å²) in [6, 6.07) is 16.0. The predicted octanol–water partition coefficient (Wildman–Crippen LogP) is 4.84. The summed E-state index contributed by atoms with van der Waals surface area (Å²) in [6.45, 7) is 10.2. The summed E-state index contributed by atoms with van der Waals surface area (Å²) in [5.41, 5.74) is 5.56. The van der Waals surface area contributed by atoms with Crippen molar-refractivity contribution in [3.8, 4) is 5.75 Å². The van der Waals surface area contributed by atoms with E-state index in [-0.39, 0.29) is 16.4 Å². The van der Waals surface area contributed by atoms with Gasteiger partial charge < -0.3 is 10.1 Å². The lowest BCUT2D eigenvalue weighted by atomic mass is 10.1. The van der Waals surface area contributed by atoms with Gasteiger partial charge in [-0.05, 0) is 98.8 Å². The maximum Gasteiger partial charge on any atom is 0.262 e. The lowest BCUT2D eigenvalue weighted by molar-refractivity contribution is 0.0946. The molecule has 0 aliphatic heterocycles. The Bertz CT molecular complexity index is 1260. The van der Waals surface area contributed by atoms with Gasteiger partial charge in [0.15, 0.2) is 0 Å². The third-order valence-corrected chi connectivity index (χ3v) is 6.87. The number of sulfonamides is 1. The first-order valence-corrected chi connectivity index (χ1v) is 12.2. The molecule has 0 atom stereocenters. The number of hydrogen-bond acceptors (Lipinski definition) is 4. The second-order valence-electron chi connectivity index (χ2n) is 8.31. The molecule has 3 aromatic carbocycles. The minimum atomic E-state index is -3.86. The number of hydrogen-bond donors (Lipinski definition) is 2. The number of benzene rings is 3. The lowest BCUT2D eigenvalue weighted by Gasteiger charge is -2.13. The van der Waals surface area contributed by atoms with Crippen molar-refractivity contribution in [3.63, 3.8) is 0 Å². The van der Waals surface area contributed by atoms with Crippen LogP contribution < -0.4 is 14.8 Å². The molecule has 7 heteroatoms. The quantitative estimate of drug-likeness (QED) is 0.465. The van der Waals surface area contributed by atoms with Gasteiger partial charge in [0, 0.05) is 11.3 Å². The van der Waals surface area contributed by atoms with E-state index in [2.05, 4.69) is 10.0 Å². The number of aryl methyl sites for hydroxylation is 5. The Morgan fingerprint density at radius 1 is 0.818 bits per heavy atom. The second kappa shape index (κ2) is 10.1. The first kappa shape index (κ1) is 24.3. The first-order chi connectivity index (χ1) is 15.5. The smallest absolute Gasteiger partial charge is 0.262 e. The molecular weight excluding hydrogens is 436 g/mol. The van der Waals surface area contributed by atoms with Crippen LogP contribution in [0.15, 0.2) is 59.5 Å². The number of anilines is 1. The Hall–Kier alpha value is -3.32. The van der Waals surface area contributed by atoms with Gasteiger partial charge in [-0.15, -0.1) is 0 Å². The normalized spacial score (nSPS) is 11.2. The van der Waals surface area contributed by atoms with Crippen LogP contribution in [0.25, 0.3) is 0 Å². The zero-order chi connectivity index (χ0) is 24.2. The fourth-order valence-corrected chi connectivity index (χ4v) is 4.83. The monoisotopic (exact) mass is 466 g/mol. The van der Waals surface area contributed by atoms with E-state index in [4.69, 9.17) is 4.74 Å².